The number of hydrogen-bond acceptors (Lipinski definition) is 4. The maximum atomic E-state index is 12.7. The summed E-state index contributed by atoms with van der Waals surface area (Å²) in [7, 11) is 1.52. The summed E-state index contributed by atoms with van der Waals surface area (Å²) in [5, 5.41) is 5.92. The van der Waals surface area contributed by atoms with Gasteiger partial charge in [0.25, 0.3) is 5.91 Å². The van der Waals surface area contributed by atoms with Gasteiger partial charge in [0.2, 0.25) is 5.91 Å². The molecule has 1 unspecified atom stereocenters. The van der Waals surface area contributed by atoms with Crippen LogP contribution in [0, 0.1) is 5.92 Å². The molecule has 0 aliphatic heterocycles. The molecule has 1 fully saturated rings. The first kappa shape index (κ1) is 19.2. The normalized spacial score (nSPS) is 21.5. The van der Waals surface area contributed by atoms with Crippen molar-refractivity contribution in [1.29, 1.82) is 0 Å². The molecule has 0 bridgehead atoms. The SMILES string of the molecule is COc1ccccc1C(=O)NC(C(=O)NC1CCC(N)CC1)C(C)C. The average molecular weight is 347 g/mol. The first-order chi connectivity index (χ1) is 11.9. The summed E-state index contributed by atoms with van der Waals surface area (Å²) in [4.78, 5) is 25.3. The molecule has 4 N–H and O–H groups in total. The van der Waals surface area contributed by atoms with Gasteiger partial charge in [-0.25, -0.2) is 0 Å². The Morgan fingerprint density at radius 2 is 1.80 bits per heavy atom. The Morgan fingerprint density at radius 1 is 1.16 bits per heavy atom. The van der Waals surface area contributed by atoms with Crippen LogP contribution in [0.4, 0.5) is 0 Å². The first-order valence-electron chi connectivity index (χ1n) is 8.92. The lowest BCUT2D eigenvalue weighted by Gasteiger charge is -2.29. The summed E-state index contributed by atoms with van der Waals surface area (Å²) in [6.07, 6.45) is 3.62. The van der Waals surface area contributed by atoms with E-state index in [9.17, 15) is 9.59 Å². The Bertz CT molecular complexity index is 595. The van der Waals surface area contributed by atoms with Gasteiger partial charge in [-0.3, -0.25) is 9.59 Å². The molecule has 1 saturated carbocycles. The highest BCUT2D eigenvalue weighted by Crippen LogP contribution is 2.19. The monoisotopic (exact) mass is 347 g/mol. The van der Waals surface area contributed by atoms with Crippen molar-refractivity contribution in [3.05, 3.63) is 29.8 Å². The average Bonchev–Trinajstić information content (AvgIpc) is 2.60. The predicted octanol–water partition coefficient (Wildman–Crippen LogP) is 1.84. The molecule has 0 heterocycles. The summed E-state index contributed by atoms with van der Waals surface area (Å²) >= 11 is 0. The fourth-order valence-corrected chi connectivity index (χ4v) is 3.14. The Labute approximate surface area is 149 Å². The minimum atomic E-state index is -0.590. The van der Waals surface area contributed by atoms with Crippen LogP contribution < -0.4 is 21.1 Å². The van der Waals surface area contributed by atoms with E-state index in [1.807, 2.05) is 13.8 Å². The van der Waals surface area contributed by atoms with Crippen LogP contribution >= 0.6 is 0 Å². The van der Waals surface area contributed by atoms with Crippen LogP contribution in [-0.2, 0) is 4.79 Å². The third kappa shape index (κ3) is 5.19. The molecule has 6 heteroatoms. The molecule has 0 aromatic heterocycles. The highest BCUT2D eigenvalue weighted by Gasteiger charge is 2.28. The van der Waals surface area contributed by atoms with Crippen LogP contribution in [0.15, 0.2) is 24.3 Å². The van der Waals surface area contributed by atoms with Gasteiger partial charge >= 0.3 is 0 Å². The van der Waals surface area contributed by atoms with Crippen LogP contribution in [0.2, 0.25) is 0 Å². The van der Waals surface area contributed by atoms with Gasteiger partial charge in [-0.15, -0.1) is 0 Å². The smallest absolute Gasteiger partial charge is 0.255 e. The largest absolute Gasteiger partial charge is 0.496 e. The van der Waals surface area contributed by atoms with E-state index >= 15 is 0 Å². The molecular weight excluding hydrogens is 318 g/mol. The highest BCUT2D eigenvalue weighted by molar-refractivity contribution is 5.99. The number of carbonyl (C=O) groups is 2. The standard InChI is InChI=1S/C19H29N3O3/c1-12(2)17(19(24)21-14-10-8-13(20)9-11-14)22-18(23)15-6-4-5-7-16(15)25-3/h4-7,12-14,17H,8-11,20H2,1-3H3,(H,21,24)(H,22,23). The molecule has 2 amide bonds. The van der Waals surface area contributed by atoms with Crippen molar-refractivity contribution in [3.63, 3.8) is 0 Å². The van der Waals surface area contributed by atoms with Gasteiger partial charge in [-0.1, -0.05) is 26.0 Å². The second-order valence-electron chi connectivity index (χ2n) is 7.02. The van der Waals surface area contributed by atoms with Crippen molar-refractivity contribution >= 4 is 11.8 Å². The Morgan fingerprint density at radius 3 is 2.40 bits per heavy atom. The fourth-order valence-electron chi connectivity index (χ4n) is 3.14. The molecule has 0 spiro atoms. The van der Waals surface area contributed by atoms with E-state index in [4.69, 9.17) is 10.5 Å². The molecule has 1 aliphatic carbocycles. The quantitative estimate of drug-likeness (QED) is 0.732. The van der Waals surface area contributed by atoms with Crippen molar-refractivity contribution < 1.29 is 14.3 Å². The van der Waals surface area contributed by atoms with E-state index < -0.39 is 6.04 Å². The van der Waals surface area contributed by atoms with Crippen LogP contribution in [0.1, 0.15) is 49.9 Å². The van der Waals surface area contributed by atoms with E-state index in [0.717, 1.165) is 25.7 Å². The third-order valence-corrected chi connectivity index (χ3v) is 4.71. The number of nitrogens with two attached hydrogens (primary N) is 1. The fraction of sp³-hybridized carbons (Fsp3) is 0.579. The molecule has 138 valence electrons. The summed E-state index contributed by atoms with van der Waals surface area (Å²) in [5.41, 5.74) is 6.34. The van der Waals surface area contributed by atoms with E-state index in [1.54, 1.807) is 24.3 Å². The van der Waals surface area contributed by atoms with Crippen molar-refractivity contribution in [2.45, 2.75) is 57.7 Å². The third-order valence-electron chi connectivity index (χ3n) is 4.71. The minimum Gasteiger partial charge on any atom is -0.496 e. The number of ether oxygens (including phenoxy) is 1. The van der Waals surface area contributed by atoms with Gasteiger partial charge in [0.05, 0.1) is 12.7 Å². The lowest BCUT2D eigenvalue weighted by atomic mass is 9.91. The molecule has 1 aromatic carbocycles. The van der Waals surface area contributed by atoms with Crippen LogP contribution in [0.5, 0.6) is 5.75 Å². The zero-order valence-corrected chi connectivity index (χ0v) is 15.2. The molecular formula is C19H29N3O3. The molecule has 0 radical (unpaired) electrons. The minimum absolute atomic E-state index is 0.0236. The first-order valence-corrected chi connectivity index (χ1v) is 8.92. The zero-order valence-electron chi connectivity index (χ0n) is 15.2. The number of nitrogens with one attached hydrogen (secondary N) is 2. The van der Waals surface area contributed by atoms with Crippen LogP contribution in [-0.4, -0.2) is 37.0 Å². The van der Waals surface area contributed by atoms with Gasteiger partial charge in [0.1, 0.15) is 11.8 Å². The van der Waals surface area contributed by atoms with E-state index in [0.29, 0.717) is 11.3 Å². The van der Waals surface area contributed by atoms with Crippen LogP contribution in [0.3, 0.4) is 0 Å². The molecule has 2 rings (SSSR count). The summed E-state index contributed by atoms with van der Waals surface area (Å²) < 4.78 is 5.23. The second kappa shape index (κ2) is 8.85. The summed E-state index contributed by atoms with van der Waals surface area (Å²) in [6.45, 7) is 3.84. The number of amides is 2. The Kier molecular flexibility index (Phi) is 6.82. The lowest BCUT2D eigenvalue weighted by Crippen LogP contribution is -2.53. The van der Waals surface area contributed by atoms with Gasteiger partial charge < -0.3 is 21.1 Å². The molecule has 1 atom stereocenters. The van der Waals surface area contributed by atoms with Gasteiger partial charge in [-0.05, 0) is 43.7 Å². The number of carbonyl (C=O) groups excluding carboxylic acids is 2. The van der Waals surface area contributed by atoms with Crippen LogP contribution in [0.25, 0.3) is 0 Å². The summed E-state index contributed by atoms with van der Waals surface area (Å²) in [6, 6.07) is 6.77. The van der Waals surface area contributed by atoms with Gasteiger partial charge in [0.15, 0.2) is 0 Å². The van der Waals surface area contributed by atoms with Gasteiger partial charge in [0, 0.05) is 12.1 Å². The van der Waals surface area contributed by atoms with E-state index in [1.165, 1.54) is 7.11 Å². The number of para-hydroxylation sites is 1. The van der Waals surface area contributed by atoms with E-state index in [-0.39, 0.29) is 29.8 Å². The maximum absolute atomic E-state index is 12.7. The van der Waals surface area contributed by atoms with Crippen molar-refractivity contribution in [3.8, 4) is 5.75 Å². The molecule has 1 aliphatic rings. The van der Waals surface area contributed by atoms with Crippen molar-refractivity contribution in [1.82, 2.24) is 10.6 Å². The summed E-state index contributed by atoms with van der Waals surface area (Å²) in [5.74, 6) is 0.0179. The van der Waals surface area contributed by atoms with E-state index in [2.05, 4.69) is 10.6 Å². The topological polar surface area (TPSA) is 93.4 Å². The zero-order chi connectivity index (χ0) is 18.4. The maximum Gasteiger partial charge on any atom is 0.255 e. The molecule has 25 heavy (non-hydrogen) atoms. The molecule has 0 saturated heterocycles. The second-order valence-corrected chi connectivity index (χ2v) is 7.02. The number of rotatable bonds is 6. The predicted molar refractivity (Wildman–Crippen MR) is 97.5 cm³/mol. The highest BCUT2D eigenvalue weighted by atomic mass is 16.5. The van der Waals surface area contributed by atoms with Crippen molar-refractivity contribution in [2.24, 2.45) is 11.7 Å². The van der Waals surface area contributed by atoms with Crippen molar-refractivity contribution in [2.75, 3.05) is 7.11 Å². The Balaban J connectivity index is 2.02. The Hall–Kier alpha value is -2.08. The number of methoxy groups -OCH3 is 1. The number of hydrogen-bond donors (Lipinski definition) is 3. The van der Waals surface area contributed by atoms with Gasteiger partial charge in [-0.2, -0.15) is 0 Å². The molecule has 6 nitrogen and oxygen atoms in total. The lowest BCUT2D eigenvalue weighted by molar-refractivity contribution is -0.124. The number of benzene rings is 1. The molecule has 1 aromatic rings.